The first-order chi connectivity index (χ1) is 8.24. The third-order valence-corrected chi connectivity index (χ3v) is 3.53. The Balaban J connectivity index is 2.18. The lowest BCUT2D eigenvalue weighted by atomic mass is 10.2. The minimum atomic E-state index is -0.271. The number of fused-ring (bicyclic) bond motifs is 1. The summed E-state index contributed by atoms with van der Waals surface area (Å²) in [7, 11) is 0. The van der Waals surface area contributed by atoms with E-state index < -0.39 is 0 Å². The molecule has 0 atom stereocenters. The molecule has 84 valence electrons. The summed E-state index contributed by atoms with van der Waals surface area (Å²) in [6, 6.07) is 6.14. The molecule has 3 aromatic rings. The van der Waals surface area contributed by atoms with Crippen molar-refractivity contribution in [3.63, 3.8) is 0 Å². The van der Waals surface area contributed by atoms with Crippen LogP contribution >= 0.6 is 22.9 Å². The molecule has 0 aliphatic heterocycles. The zero-order valence-electron chi connectivity index (χ0n) is 8.39. The van der Waals surface area contributed by atoms with Gasteiger partial charge in [0.2, 0.25) is 0 Å². The van der Waals surface area contributed by atoms with E-state index >= 15 is 0 Å². The molecule has 3 nitrogen and oxygen atoms in total. The van der Waals surface area contributed by atoms with Gasteiger partial charge < -0.3 is 0 Å². The first kappa shape index (κ1) is 10.6. The monoisotopic (exact) mass is 265 g/mol. The lowest BCUT2D eigenvalue weighted by Gasteiger charge is -1.93. The van der Waals surface area contributed by atoms with Crippen LogP contribution < -0.4 is 0 Å². The molecule has 0 saturated heterocycles. The third-order valence-electron chi connectivity index (χ3n) is 2.24. The minimum Gasteiger partial charge on any atom is -0.231 e. The number of aromatic nitrogens is 3. The van der Waals surface area contributed by atoms with Crippen LogP contribution in [0.5, 0.6) is 0 Å². The predicted octanol–water partition coefficient (Wildman–Crippen LogP) is 3.55. The average Bonchev–Trinajstić information content (AvgIpc) is 2.75. The van der Waals surface area contributed by atoms with E-state index in [4.69, 9.17) is 11.6 Å². The number of thiazole rings is 1. The van der Waals surface area contributed by atoms with Crippen molar-refractivity contribution >= 4 is 33.3 Å². The van der Waals surface area contributed by atoms with Crippen LogP contribution in [0.15, 0.2) is 30.6 Å². The molecule has 2 aromatic heterocycles. The Hall–Kier alpha value is -1.59. The average molecular weight is 266 g/mol. The van der Waals surface area contributed by atoms with Gasteiger partial charge in [-0.05, 0) is 24.3 Å². The van der Waals surface area contributed by atoms with Gasteiger partial charge in [-0.1, -0.05) is 22.9 Å². The highest BCUT2D eigenvalue weighted by Crippen LogP contribution is 2.31. The largest absolute Gasteiger partial charge is 0.231 e. The second kappa shape index (κ2) is 4.01. The quantitative estimate of drug-likeness (QED) is 0.632. The fourth-order valence-corrected chi connectivity index (χ4v) is 2.59. The highest BCUT2D eigenvalue weighted by Gasteiger charge is 2.10. The Bertz CT molecular complexity index is 681. The molecule has 6 heteroatoms. The summed E-state index contributed by atoms with van der Waals surface area (Å²) in [4.78, 5) is 13.0. The first-order valence-corrected chi connectivity index (χ1v) is 5.96. The van der Waals surface area contributed by atoms with Crippen LogP contribution in [-0.2, 0) is 0 Å². The van der Waals surface area contributed by atoms with Gasteiger partial charge >= 0.3 is 0 Å². The molecule has 3 rings (SSSR count). The summed E-state index contributed by atoms with van der Waals surface area (Å²) in [6.45, 7) is 0. The fourth-order valence-electron chi connectivity index (χ4n) is 1.44. The molecule has 0 fully saturated rings. The lowest BCUT2D eigenvalue weighted by Crippen LogP contribution is -1.80. The van der Waals surface area contributed by atoms with Gasteiger partial charge in [0.25, 0.3) is 0 Å². The topological polar surface area (TPSA) is 38.7 Å². The van der Waals surface area contributed by atoms with Crippen molar-refractivity contribution in [3.8, 4) is 10.6 Å². The summed E-state index contributed by atoms with van der Waals surface area (Å²) < 4.78 is 12.8. The molecule has 0 spiro atoms. The Morgan fingerprint density at radius 2 is 1.88 bits per heavy atom. The summed E-state index contributed by atoms with van der Waals surface area (Å²) in [5.41, 5.74) is 1.42. The van der Waals surface area contributed by atoms with Crippen LogP contribution in [-0.4, -0.2) is 15.0 Å². The summed E-state index contributed by atoms with van der Waals surface area (Å²) in [5, 5.41) is 1.09. The van der Waals surface area contributed by atoms with E-state index in [0.29, 0.717) is 10.7 Å². The Kier molecular flexibility index (Phi) is 2.49. The summed E-state index contributed by atoms with van der Waals surface area (Å²) >= 11 is 7.32. The maximum absolute atomic E-state index is 12.8. The van der Waals surface area contributed by atoms with Gasteiger partial charge in [-0.25, -0.2) is 19.3 Å². The van der Waals surface area contributed by atoms with E-state index in [1.807, 2.05) is 0 Å². The summed E-state index contributed by atoms with van der Waals surface area (Å²) in [6.07, 6.45) is 1.40. The molecule has 0 unspecified atom stereocenters. The molecule has 17 heavy (non-hydrogen) atoms. The predicted molar refractivity (Wildman–Crippen MR) is 65.6 cm³/mol. The zero-order valence-corrected chi connectivity index (χ0v) is 9.96. The fraction of sp³-hybridized carbons (Fsp3) is 0. The van der Waals surface area contributed by atoms with Crippen molar-refractivity contribution in [1.29, 1.82) is 0 Å². The molecule has 0 aliphatic carbocycles. The molecule has 0 N–H and O–H groups in total. The van der Waals surface area contributed by atoms with Crippen LogP contribution in [0.2, 0.25) is 5.15 Å². The highest BCUT2D eigenvalue weighted by atomic mass is 35.5. The number of nitrogens with zero attached hydrogens (tertiary/aromatic N) is 3. The van der Waals surface area contributed by atoms with E-state index in [1.54, 1.807) is 12.1 Å². The summed E-state index contributed by atoms with van der Waals surface area (Å²) in [5.74, 6) is -0.271. The number of hydrogen-bond donors (Lipinski definition) is 0. The second-order valence-electron chi connectivity index (χ2n) is 3.34. The van der Waals surface area contributed by atoms with Gasteiger partial charge in [-0.15, -0.1) is 0 Å². The molecular weight excluding hydrogens is 261 g/mol. The molecule has 0 saturated carbocycles. The van der Waals surface area contributed by atoms with Crippen LogP contribution in [0.3, 0.4) is 0 Å². The van der Waals surface area contributed by atoms with E-state index in [0.717, 1.165) is 15.4 Å². The van der Waals surface area contributed by atoms with Crippen molar-refractivity contribution in [3.05, 3.63) is 41.6 Å². The van der Waals surface area contributed by atoms with Crippen LogP contribution in [0, 0.1) is 5.82 Å². The molecule has 0 radical (unpaired) electrons. The van der Waals surface area contributed by atoms with Crippen LogP contribution in [0.4, 0.5) is 4.39 Å². The van der Waals surface area contributed by atoms with E-state index in [1.165, 1.54) is 29.8 Å². The maximum atomic E-state index is 12.8. The Labute approximate surface area is 105 Å². The molecule has 0 amide bonds. The van der Waals surface area contributed by atoms with E-state index in [9.17, 15) is 4.39 Å². The number of benzene rings is 1. The number of halogens is 2. The second-order valence-corrected chi connectivity index (χ2v) is 4.68. The Morgan fingerprint density at radius 1 is 1.12 bits per heavy atom. The number of rotatable bonds is 1. The molecule has 1 aromatic carbocycles. The van der Waals surface area contributed by atoms with Crippen molar-refractivity contribution in [2.45, 2.75) is 0 Å². The van der Waals surface area contributed by atoms with Crippen LogP contribution in [0.25, 0.3) is 20.9 Å². The smallest absolute Gasteiger partial charge is 0.159 e. The molecular formula is C11H5ClFN3S. The van der Waals surface area contributed by atoms with Gasteiger partial charge in [0, 0.05) is 5.56 Å². The van der Waals surface area contributed by atoms with Crippen LogP contribution in [0.1, 0.15) is 0 Å². The van der Waals surface area contributed by atoms with Crippen molar-refractivity contribution in [2.75, 3.05) is 0 Å². The highest BCUT2D eigenvalue weighted by molar-refractivity contribution is 7.21. The van der Waals surface area contributed by atoms with E-state index in [-0.39, 0.29) is 5.82 Å². The third kappa shape index (κ3) is 1.87. The minimum absolute atomic E-state index is 0.271. The van der Waals surface area contributed by atoms with Crippen molar-refractivity contribution < 1.29 is 4.39 Å². The van der Waals surface area contributed by atoms with Crippen molar-refractivity contribution in [1.82, 2.24) is 15.0 Å². The lowest BCUT2D eigenvalue weighted by molar-refractivity contribution is 0.628. The Morgan fingerprint density at radius 3 is 2.59 bits per heavy atom. The maximum Gasteiger partial charge on any atom is 0.159 e. The van der Waals surface area contributed by atoms with Gasteiger partial charge in [-0.3, -0.25) is 0 Å². The normalized spacial score (nSPS) is 10.9. The molecule has 0 aliphatic rings. The molecule has 0 bridgehead atoms. The van der Waals surface area contributed by atoms with Gasteiger partial charge in [0.15, 0.2) is 5.15 Å². The number of hydrogen-bond acceptors (Lipinski definition) is 4. The van der Waals surface area contributed by atoms with E-state index in [2.05, 4.69) is 15.0 Å². The van der Waals surface area contributed by atoms with Gasteiger partial charge in [-0.2, -0.15) is 0 Å². The first-order valence-electron chi connectivity index (χ1n) is 4.77. The standard InChI is InChI=1S/C11H5ClFN3S/c12-9-8-11(15-5-14-9)17-10(16-8)6-1-3-7(13)4-2-6/h1-5H. The molecule has 2 heterocycles. The van der Waals surface area contributed by atoms with Gasteiger partial charge in [0.1, 0.15) is 27.5 Å². The SMILES string of the molecule is Fc1ccc(-c2nc3c(Cl)ncnc3s2)cc1. The van der Waals surface area contributed by atoms with Crippen molar-refractivity contribution in [2.24, 2.45) is 0 Å². The van der Waals surface area contributed by atoms with Gasteiger partial charge in [0.05, 0.1) is 0 Å². The zero-order chi connectivity index (χ0) is 11.8.